The second-order valence-corrected chi connectivity index (χ2v) is 12.6. The van der Waals surface area contributed by atoms with E-state index < -0.39 is 0 Å². The van der Waals surface area contributed by atoms with Crippen LogP contribution in [0, 0.1) is 0 Å². The molecule has 3 aromatic heterocycles. The Labute approximate surface area is 256 Å². The number of para-hydroxylation sites is 1. The topological polar surface area (TPSA) is 84.4 Å². The van der Waals surface area contributed by atoms with Gasteiger partial charge >= 0.3 is 0 Å². The van der Waals surface area contributed by atoms with Crippen LogP contribution in [0.1, 0.15) is 18.1 Å². The summed E-state index contributed by atoms with van der Waals surface area (Å²) in [7, 11) is 2.20. The van der Waals surface area contributed by atoms with E-state index in [4.69, 9.17) is 9.97 Å². The molecule has 1 saturated heterocycles. The fraction of sp³-hybridized carbons (Fsp3) is 0.344. The van der Waals surface area contributed by atoms with Crippen LogP contribution in [0.4, 0.5) is 28.8 Å². The molecule has 0 radical (unpaired) electrons. The molecule has 10 nitrogen and oxygen atoms in total. The van der Waals surface area contributed by atoms with Crippen molar-refractivity contribution in [3.05, 3.63) is 72.2 Å². The molecule has 0 atom stereocenters. The van der Waals surface area contributed by atoms with E-state index in [1.807, 2.05) is 12.4 Å². The number of anilines is 5. The number of hydrogen-bond donors (Lipinski definition) is 2. The average Bonchev–Trinajstić information content (AvgIpc) is 3.84. The Morgan fingerprint density at radius 1 is 0.977 bits per heavy atom. The third kappa shape index (κ3) is 4.91. The fourth-order valence-corrected chi connectivity index (χ4v) is 7.45. The van der Waals surface area contributed by atoms with Crippen LogP contribution in [-0.2, 0) is 19.4 Å². The van der Waals surface area contributed by atoms with E-state index >= 15 is 0 Å². The minimum Gasteiger partial charge on any atom is -0.346 e. The third-order valence-corrected chi connectivity index (χ3v) is 9.95. The number of rotatable bonds is 8. The summed E-state index contributed by atoms with van der Waals surface area (Å²) >= 11 is 1.72. The highest BCUT2D eigenvalue weighted by molar-refractivity contribution is 8.02. The highest BCUT2D eigenvalue weighted by Crippen LogP contribution is 2.53. The lowest BCUT2D eigenvalue weighted by atomic mass is 10.0. The summed E-state index contributed by atoms with van der Waals surface area (Å²) in [6.07, 6.45) is 8.06. The second-order valence-electron chi connectivity index (χ2n) is 11.6. The van der Waals surface area contributed by atoms with Crippen LogP contribution >= 0.6 is 12.1 Å². The smallest absolute Gasteiger partial charge is 0.231 e. The molecule has 2 N–H and O–H groups in total. The van der Waals surface area contributed by atoms with Crippen LogP contribution < -0.4 is 13.9 Å². The lowest BCUT2D eigenvalue weighted by molar-refractivity contribution is 0.149. The van der Waals surface area contributed by atoms with Crippen molar-refractivity contribution < 1.29 is 0 Å². The molecule has 3 aliphatic rings. The fourth-order valence-electron chi connectivity index (χ4n) is 6.34. The minimum absolute atomic E-state index is 0.581. The molecule has 5 aromatic rings. The summed E-state index contributed by atoms with van der Waals surface area (Å²) in [6.45, 7) is 9.68. The second kappa shape index (κ2) is 10.9. The van der Waals surface area contributed by atoms with Crippen molar-refractivity contribution in [1.82, 2.24) is 34.5 Å². The van der Waals surface area contributed by atoms with Crippen LogP contribution in [0.3, 0.4) is 0 Å². The zero-order chi connectivity index (χ0) is 28.9. The molecule has 0 saturated carbocycles. The predicted octanol–water partition coefficient (Wildman–Crippen LogP) is 5.45. The molecule has 43 heavy (non-hydrogen) atoms. The molecule has 0 spiro atoms. The lowest BCUT2D eigenvalue weighted by Gasteiger charge is -2.32. The van der Waals surface area contributed by atoms with E-state index in [0.717, 1.165) is 86.8 Å². The number of piperazine rings is 1. The maximum absolute atomic E-state index is 5.08. The zero-order valence-corrected chi connectivity index (χ0v) is 25.4. The quantitative estimate of drug-likeness (QED) is 0.229. The van der Waals surface area contributed by atoms with E-state index in [9.17, 15) is 0 Å². The van der Waals surface area contributed by atoms with Crippen molar-refractivity contribution in [3.63, 3.8) is 0 Å². The summed E-state index contributed by atoms with van der Waals surface area (Å²) in [4.78, 5) is 18.1. The summed E-state index contributed by atoms with van der Waals surface area (Å²) in [5.74, 6) is 1.47. The van der Waals surface area contributed by atoms with E-state index in [1.165, 1.54) is 28.1 Å². The Morgan fingerprint density at radius 2 is 1.88 bits per heavy atom. The van der Waals surface area contributed by atoms with Crippen LogP contribution in [0.5, 0.6) is 0 Å². The van der Waals surface area contributed by atoms with Gasteiger partial charge in [-0.1, -0.05) is 25.1 Å². The molecule has 0 bridgehead atoms. The number of nitrogens with one attached hydrogen (secondary N) is 2. The number of aromatic amines is 1. The van der Waals surface area contributed by atoms with Gasteiger partial charge < -0.3 is 15.2 Å². The molecule has 2 aromatic carbocycles. The normalized spacial score (nSPS) is 16.9. The number of aromatic nitrogens is 5. The van der Waals surface area contributed by atoms with Gasteiger partial charge in [0.2, 0.25) is 5.95 Å². The van der Waals surface area contributed by atoms with Gasteiger partial charge in [-0.25, -0.2) is 4.31 Å². The van der Waals surface area contributed by atoms with E-state index in [-0.39, 0.29) is 0 Å². The molecule has 1 fully saturated rings. The molecule has 220 valence electrons. The van der Waals surface area contributed by atoms with Crippen LogP contribution in [-0.4, -0.2) is 80.8 Å². The summed E-state index contributed by atoms with van der Waals surface area (Å²) in [5, 5.41) is 9.23. The molecule has 3 aliphatic heterocycles. The molecule has 0 unspecified atom stereocenters. The van der Waals surface area contributed by atoms with Crippen molar-refractivity contribution in [2.75, 3.05) is 60.2 Å². The van der Waals surface area contributed by atoms with Crippen molar-refractivity contribution in [2.24, 2.45) is 0 Å². The number of hydrogen-bond acceptors (Lipinski definition) is 9. The van der Waals surface area contributed by atoms with Crippen LogP contribution in [0.25, 0.3) is 22.2 Å². The summed E-state index contributed by atoms with van der Waals surface area (Å²) < 4.78 is 6.69. The standard InChI is InChI=1S/C32H36N10S/c1-3-22-19-24(25-20-34-40(21-25)18-17-39-15-13-38(2)14-16-39)7-8-27(22)35-32-36-30-26(9-11-33-30)31(37-32)42-28-6-4-5-23-10-12-41(43-42)29(23)28/h4-9,11,19-21H,3,10,12-18H2,1-2H3,(H2,33,35,36,37). The van der Waals surface area contributed by atoms with Gasteiger partial charge in [-0.3, -0.25) is 13.9 Å². The van der Waals surface area contributed by atoms with Crippen LogP contribution in [0.2, 0.25) is 0 Å². The van der Waals surface area contributed by atoms with E-state index in [2.05, 4.69) is 101 Å². The zero-order valence-electron chi connectivity index (χ0n) is 24.6. The molecule has 0 aliphatic carbocycles. The van der Waals surface area contributed by atoms with Gasteiger partial charge in [-0.2, -0.15) is 15.1 Å². The first-order chi connectivity index (χ1) is 21.1. The Balaban J connectivity index is 1.03. The van der Waals surface area contributed by atoms with Crippen molar-refractivity contribution in [2.45, 2.75) is 26.3 Å². The first-order valence-electron chi connectivity index (χ1n) is 15.2. The van der Waals surface area contributed by atoms with Gasteiger partial charge in [0.1, 0.15) is 5.65 Å². The maximum atomic E-state index is 5.08. The van der Waals surface area contributed by atoms with Crippen molar-refractivity contribution in [3.8, 4) is 11.1 Å². The van der Waals surface area contributed by atoms with Gasteiger partial charge in [0.05, 0.1) is 41.6 Å². The summed E-state index contributed by atoms with van der Waals surface area (Å²) in [6, 6.07) is 15.2. The van der Waals surface area contributed by atoms with Gasteiger partial charge in [0.15, 0.2) is 5.82 Å². The number of aryl methyl sites for hydroxylation is 1. The van der Waals surface area contributed by atoms with E-state index in [1.54, 1.807) is 12.1 Å². The van der Waals surface area contributed by atoms with E-state index in [0.29, 0.717) is 5.95 Å². The minimum atomic E-state index is 0.581. The number of likely N-dealkylation sites (N-methyl/N-ethyl adjacent to an activating group) is 1. The van der Waals surface area contributed by atoms with Crippen molar-refractivity contribution in [1.29, 1.82) is 0 Å². The highest BCUT2D eigenvalue weighted by atomic mass is 32.2. The molecular weight excluding hydrogens is 556 g/mol. The first kappa shape index (κ1) is 26.6. The lowest BCUT2D eigenvalue weighted by Crippen LogP contribution is -2.45. The summed E-state index contributed by atoms with van der Waals surface area (Å²) in [5.41, 5.74) is 9.27. The maximum Gasteiger partial charge on any atom is 0.231 e. The first-order valence-corrected chi connectivity index (χ1v) is 15.9. The van der Waals surface area contributed by atoms with Gasteiger partial charge in [-0.05, 0) is 60.8 Å². The Kier molecular flexibility index (Phi) is 6.73. The van der Waals surface area contributed by atoms with Gasteiger partial charge in [0, 0.05) is 62.9 Å². The third-order valence-electron chi connectivity index (χ3n) is 8.86. The molecule has 8 rings (SSSR count). The molecule has 6 heterocycles. The monoisotopic (exact) mass is 592 g/mol. The van der Waals surface area contributed by atoms with Crippen LogP contribution in [0.15, 0.2) is 61.1 Å². The largest absolute Gasteiger partial charge is 0.346 e. The highest BCUT2D eigenvalue weighted by Gasteiger charge is 2.36. The van der Waals surface area contributed by atoms with Gasteiger partial charge in [-0.15, -0.1) is 0 Å². The average molecular weight is 593 g/mol. The molecule has 0 amide bonds. The SMILES string of the molecule is CCc1cc(-c2cnn(CCN3CCN(C)CC3)c2)ccc1Nc1nc(N2SN3CCc4cccc2c43)c2cc[nH]c2n1. The number of fused-ring (bicyclic) bond motifs is 1. The number of H-pyrrole nitrogens is 1. The number of nitrogens with zero attached hydrogens (tertiary/aromatic N) is 8. The van der Waals surface area contributed by atoms with Crippen molar-refractivity contribution >= 4 is 52.0 Å². The Bertz CT molecular complexity index is 1790. The Hall–Kier alpha value is -4.06. The molecule has 11 heteroatoms. The molecular formula is C32H36N10S. The number of benzene rings is 2. The van der Waals surface area contributed by atoms with Gasteiger partial charge in [0.25, 0.3) is 0 Å². The Morgan fingerprint density at radius 3 is 2.77 bits per heavy atom. The predicted molar refractivity (Wildman–Crippen MR) is 175 cm³/mol.